The Morgan fingerprint density at radius 2 is 2.29 bits per heavy atom. The number of alkyl halides is 1. The van der Waals surface area contributed by atoms with Crippen molar-refractivity contribution in [3.63, 3.8) is 0 Å². The van der Waals surface area contributed by atoms with E-state index in [0.717, 1.165) is 15.8 Å². The standard InChI is InChI=1S/C9H5Br2N3/c10-3-6-1-2-8(11)9-13-5-7(4-12)14(6)9/h1-2,5H,3H2. The first-order chi connectivity index (χ1) is 6.77. The summed E-state index contributed by atoms with van der Waals surface area (Å²) >= 11 is 6.77. The zero-order chi connectivity index (χ0) is 10.1. The Labute approximate surface area is 97.6 Å². The van der Waals surface area contributed by atoms with E-state index in [1.165, 1.54) is 0 Å². The molecule has 3 nitrogen and oxygen atoms in total. The molecule has 14 heavy (non-hydrogen) atoms. The molecule has 0 amide bonds. The van der Waals surface area contributed by atoms with Crippen LogP contribution in [0, 0.1) is 11.3 Å². The summed E-state index contributed by atoms with van der Waals surface area (Å²) in [6.07, 6.45) is 1.58. The minimum Gasteiger partial charge on any atom is -0.286 e. The third-order valence-corrected chi connectivity index (χ3v) is 3.13. The van der Waals surface area contributed by atoms with Crippen LogP contribution in [0.3, 0.4) is 0 Å². The highest BCUT2D eigenvalue weighted by molar-refractivity contribution is 9.10. The first kappa shape index (κ1) is 9.69. The Morgan fingerprint density at radius 3 is 2.93 bits per heavy atom. The van der Waals surface area contributed by atoms with Crippen molar-refractivity contribution < 1.29 is 0 Å². The molecule has 0 unspecified atom stereocenters. The molecule has 0 fully saturated rings. The highest BCUT2D eigenvalue weighted by Gasteiger charge is 2.08. The predicted octanol–water partition coefficient (Wildman–Crippen LogP) is 2.86. The fourth-order valence-electron chi connectivity index (χ4n) is 1.31. The van der Waals surface area contributed by atoms with Crippen molar-refractivity contribution in [2.24, 2.45) is 0 Å². The van der Waals surface area contributed by atoms with Crippen LogP contribution >= 0.6 is 31.9 Å². The summed E-state index contributed by atoms with van der Waals surface area (Å²) in [5.74, 6) is 0. The normalized spacial score (nSPS) is 10.4. The van der Waals surface area contributed by atoms with E-state index >= 15 is 0 Å². The van der Waals surface area contributed by atoms with Crippen LogP contribution in [0.4, 0.5) is 0 Å². The molecule has 0 aliphatic carbocycles. The lowest BCUT2D eigenvalue weighted by Gasteiger charge is -2.03. The van der Waals surface area contributed by atoms with E-state index in [0.29, 0.717) is 11.0 Å². The summed E-state index contributed by atoms with van der Waals surface area (Å²) in [5.41, 5.74) is 2.34. The van der Waals surface area contributed by atoms with Crippen LogP contribution in [0.2, 0.25) is 0 Å². The first-order valence-corrected chi connectivity index (χ1v) is 5.80. The number of nitriles is 1. The molecule has 5 heteroatoms. The van der Waals surface area contributed by atoms with Crippen molar-refractivity contribution in [1.29, 1.82) is 5.26 Å². The van der Waals surface area contributed by atoms with Gasteiger partial charge < -0.3 is 0 Å². The maximum Gasteiger partial charge on any atom is 0.152 e. The second-order valence-corrected chi connectivity index (χ2v) is 4.14. The second-order valence-electron chi connectivity index (χ2n) is 2.72. The average molecular weight is 315 g/mol. The molecule has 2 aromatic rings. The monoisotopic (exact) mass is 313 g/mol. The molecule has 0 aromatic carbocycles. The number of pyridine rings is 1. The van der Waals surface area contributed by atoms with Gasteiger partial charge >= 0.3 is 0 Å². The van der Waals surface area contributed by atoms with Crippen molar-refractivity contribution in [3.8, 4) is 6.07 Å². The first-order valence-electron chi connectivity index (χ1n) is 3.89. The van der Waals surface area contributed by atoms with Crippen LogP contribution in [0.5, 0.6) is 0 Å². The largest absolute Gasteiger partial charge is 0.286 e. The molecule has 0 saturated heterocycles. The maximum absolute atomic E-state index is 8.89. The maximum atomic E-state index is 8.89. The zero-order valence-electron chi connectivity index (χ0n) is 7.04. The molecule has 0 aliphatic heterocycles. The highest BCUT2D eigenvalue weighted by atomic mass is 79.9. The molecular formula is C9H5Br2N3. The smallest absolute Gasteiger partial charge is 0.152 e. The zero-order valence-corrected chi connectivity index (χ0v) is 10.2. The Hall–Kier alpha value is -0.860. The van der Waals surface area contributed by atoms with Crippen molar-refractivity contribution in [3.05, 3.63) is 34.2 Å². The van der Waals surface area contributed by atoms with Gasteiger partial charge in [-0.1, -0.05) is 15.9 Å². The number of hydrogen-bond acceptors (Lipinski definition) is 2. The third kappa shape index (κ3) is 1.35. The van der Waals surface area contributed by atoms with Crippen LogP contribution in [-0.4, -0.2) is 9.38 Å². The van der Waals surface area contributed by atoms with E-state index < -0.39 is 0 Å². The van der Waals surface area contributed by atoms with Gasteiger partial charge in [-0.05, 0) is 28.1 Å². The lowest BCUT2D eigenvalue weighted by Crippen LogP contribution is -1.96. The van der Waals surface area contributed by atoms with Gasteiger partial charge in [0.25, 0.3) is 0 Å². The minimum atomic E-state index is 0.552. The van der Waals surface area contributed by atoms with Crippen molar-refractivity contribution >= 4 is 37.5 Å². The molecule has 70 valence electrons. The van der Waals surface area contributed by atoms with Crippen LogP contribution in [-0.2, 0) is 5.33 Å². The number of rotatable bonds is 1. The van der Waals surface area contributed by atoms with Gasteiger partial charge in [-0.25, -0.2) is 4.98 Å². The SMILES string of the molecule is N#Cc1cnc2c(Br)ccc(CBr)n12. The Morgan fingerprint density at radius 1 is 1.50 bits per heavy atom. The number of halogens is 2. The van der Waals surface area contributed by atoms with Gasteiger partial charge in [-0.15, -0.1) is 0 Å². The molecule has 0 saturated carbocycles. The van der Waals surface area contributed by atoms with Crippen LogP contribution in [0.15, 0.2) is 22.8 Å². The molecule has 2 heterocycles. The van der Waals surface area contributed by atoms with Crippen LogP contribution < -0.4 is 0 Å². The van der Waals surface area contributed by atoms with Gasteiger partial charge in [0.05, 0.1) is 10.7 Å². The molecule has 0 radical (unpaired) electrons. The van der Waals surface area contributed by atoms with Crippen molar-refractivity contribution in [2.45, 2.75) is 5.33 Å². The predicted molar refractivity (Wildman–Crippen MR) is 60.2 cm³/mol. The number of aromatic nitrogens is 2. The lowest BCUT2D eigenvalue weighted by molar-refractivity contribution is 1.06. The van der Waals surface area contributed by atoms with E-state index in [2.05, 4.69) is 42.9 Å². The van der Waals surface area contributed by atoms with E-state index in [1.54, 1.807) is 6.20 Å². The Bertz CT molecular complexity index is 525. The molecule has 0 N–H and O–H groups in total. The number of imidazole rings is 1. The summed E-state index contributed by atoms with van der Waals surface area (Å²) < 4.78 is 2.72. The Balaban J connectivity index is 2.90. The summed E-state index contributed by atoms with van der Waals surface area (Å²) in [6.45, 7) is 0. The minimum absolute atomic E-state index is 0.552. The molecule has 0 spiro atoms. The molecular weight excluding hydrogens is 310 g/mol. The van der Waals surface area contributed by atoms with E-state index in [-0.39, 0.29) is 0 Å². The van der Waals surface area contributed by atoms with Gasteiger partial charge in [-0.2, -0.15) is 5.26 Å². The topological polar surface area (TPSA) is 41.1 Å². The molecule has 0 aliphatic rings. The average Bonchev–Trinajstić information content (AvgIpc) is 2.63. The fourth-order valence-corrected chi connectivity index (χ4v) is 2.16. The molecule has 2 aromatic heterocycles. The van der Waals surface area contributed by atoms with Crippen LogP contribution in [0.25, 0.3) is 5.65 Å². The Kier molecular flexibility index (Phi) is 2.57. The third-order valence-electron chi connectivity index (χ3n) is 1.94. The van der Waals surface area contributed by atoms with E-state index in [4.69, 9.17) is 5.26 Å². The molecule has 2 rings (SSSR count). The van der Waals surface area contributed by atoms with Gasteiger partial charge in [0.1, 0.15) is 11.8 Å². The fraction of sp³-hybridized carbons (Fsp3) is 0.111. The van der Waals surface area contributed by atoms with Gasteiger partial charge in [0, 0.05) is 11.0 Å². The van der Waals surface area contributed by atoms with E-state index in [9.17, 15) is 0 Å². The summed E-state index contributed by atoms with van der Waals surface area (Å²) in [6, 6.07) is 5.99. The van der Waals surface area contributed by atoms with E-state index in [1.807, 2.05) is 16.5 Å². The van der Waals surface area contributed by atoms with Crippen molar-refractivity contribution in [2.75, 3.05) is 0 Å². The quantitative estimate of drug-likeness (QED) is 0.759. The highest BCUT2D eigenvalue weighted by Crippen LogP contribution is 2.21. The summed E-state index contributed by atoms with van der Waals surface area (Å²) in [4.78, 5) is 4.17. The second kappa shape index (κ2) is 3.71. The summed E-state index contributed by atoms with van der Waals surface area (Å²) in [7, 11) is 0. The van der Waals surface area contributed by atoms with Crippen molar-refractivity contribution in [1.82, 2.24) is 9.38 Å². The number of nitrogens with zero attached hydrogens (tertiary/aromatic N) is 3. The number of hydrogen-bond donors (Lipinski definition) is 0. The molecule has 0 bridgehead atoms. The van der Waals surface area contributed by atoms with Gasteiger partial charge in [0.15, 0.2) is 5.65 Å². The van der Waals surface area contributed by atoms with Gasteiger partial charge in [-0.3, -0.25) is 4.40 Å². The van der Waals surface area contributed by atoms with Gasteiger partial charge in [0.2, 0.25) is 0 Å². The summed E-state index contributed by atoms with van der Waals surface area (Å²) in [5, 5.41) is 9.59. The number of fused-ring (bicyclic) bond motifs is 1. The lowest BCUT2D eigenvalue weighted by atomic mass is 10.3. The molecule has 0 atom stereocenters. The van der Waals surface area contributed by atoms with Crippen LogP contribution in [0.1, 0.15) is 11.4 Å².